The molecule has 0 saturated carbocycles. The second kappa shape index (κ2) is 7.13. The zero-order valence-corrected chi connectivity index (χ0v) is 13.3. The average molecular weight is 302 g/mol. The smallest absolute Gasteiger partial charge is 0.250 e. The second-order valence-corrected chi connectivity index (χ2v) is 5.09. The molecule has 0 atom stereocenters. The highest BCUT2D eigenvalue weighted by Gasteiger charge is 2.18. The fourth-order valence-corrected chi connectivity index (χ4v) is 2.63. The van der Waals surface area contributed by atoms with Crippen LogP contribution in [0, 0.1) is 6.92 Å². The summed E-state index contributed by atoms with van der Waals surface area (Å²) < 4.78 is 12.6. The first kappa shape index (κ1) is 16.1. The Morgan fingerprint density at radius 2 is 2.00 bits per heavy atom. The van der Waals surface area contributed by atoms with Crippen LogP contribution in [0.15, 0.2) is 30.3 Å². The highest BCUT2D eigenvalue weighted by molar-refractivity contribution is 5.96. The van der Waals surface area contributed by atoms with Gasteiger partial charge < -0.3 is 19.8 Å². The monoisotopic (exact) mass is 302 g/mol. The van der Waals surface area contributed by atoms with Crippen molar-refractivity contribution in [2.24, 2.45) is 5.73 Å². The predicted molar refractivity (Wildman–Crippen MR) is 86.2 cm³/mol. The van der Waals surface area contributed by atoms with Gasteiger partial charge in [0.05, 0.1) is 18.4 Å². The number of benzene rings is 1. The fourth-order valence-electron chi connectivity index (χ4n) is 2.63. The number of carbonyl (C=O) groups excluding carboxylic acids is 1. The van der Waals surface area contributed by atoms with Crippen LogP contribution >= 0.6 is 0 Å². The molecule has 0 spiro atoms. The van der Waals surface area contributed by atoms with Gasteiger partial charge >= 0.3 is 0 Å². The van der Waals surface area contributed by atoms with Gasteiger partial charge in [0, 0.05) is 31.5 Å². The van der Waals surface area contributed by atoms with E-state index >= 15 is 0 Å². The lowest BCUT2D eigenvalue weighted by atomic mass is 10.1. The number of rotatable bonds is 7. The van der Waals surface area contributed by atoms with Crippen molar-refractivity contribution in [3.05, 3.63) is 41.6 Å². The van der Waals surface area contributed by atoms with Gasteiger partial charge in [-0.2, -0.15) is 0 Å². The van der Waals surface area contributed by atoms with Crippen LogP contribution in [0.4, 0.5) is 0 Å². The quantitative estimate of drug-likeness (QED) is 0.799. The van der Waals surface area contributed by atoms with Crippen LogP contribution in [0.3, 0.4) is 0 Å². The Hall–Kier alpha value is -2.27. The third-order valence-electron chi connectivity index (χ3n) is 3.75. The predicted octanol–water partition coefficient (Wildman–Crippen LogP) is 2.61. The first-order valence-electron chi connectivity index (χ1n) is 7.22. The molecule has 5 heteroatoms. The molecule has 0 fully saturated rings. The summed E-state index contributed by atoms with van der Waals surface area (Å²) in [7, 11) is 3.32. The van der Waals surface area contributed by atoms with E-state index in [1.165, 1.54) is 0 Å². The Labute approximate surface area is 130 Å². The Morgan fingerprint density at radius 3 is 2.64 bits per heavy atom. The highest BCUT2D eigenvalue weighted by Crippen LogP contribution is 2.33. The number of hydrogen-bond donors (Lipinski definition) is 1. The van der Waals surface area contributed by atoms with Crippen LogP contribution in [-0.4, -0.2) is 31.3 Å². The standard InChI is InChI=1S/C17H22N2O3/c1-12-14(17(18)20)11-15(19(12)9-6-10-21-2)13-7-4-5-8-16(13)22-3/h4-5,7-8,11H,6,9-10H2,1-3H3,(H2,18,20). The summed E-state index contributed by atoms with van der Waals surface area (Å²) >= 11 is 0. The van der Waals surface area contributed by atoms with Crippen molar-refractivity contribution in [3.63, 3.8) is 0 Å². The molecule has 0 radical (unpaired) electrons. The Kier molecular flexibility index (Phi) is 5.22. The third-order valence-corrected chi connectivity index (χ3v) is 3.75. The first-order chi connectivity index (χ1) is 10.6. The van der Waals surface area contributed by atoms with E-state index in [4.69, 9.17) is 15.2 Å². The van der Waals surface area contributed by atoms with Crippen LogP contribution in [0.1, 0.15) is 22.5 Å². The van der Waals surface area contributed by atoms with Crippen molar-refractivity contribution in [1.29, 1.82) is 0 Å². The minimum absolute atomic E-state index is 0.417. The summed E-state index contributed by atoms with van der Waals surface area (Å²) in [6.45, 7) is 3.32. The van der Waals surface area contributed by atoms with Crippen LogP contribution < -0.4 is 10.5 Å². The topological polar surface area (TPSA) is 66.5 Å². The van der Waals surface area contributed by atoms with E-state index in [9.17, 15) is 4.79 Å². The van der Waals surface area contributed by atoms with E-state index in [1.54, 1.807) is 14.2 Å². The molecule has 2 aromatic rings. The van der Waals surface area contributed by atoms with Crippen molar-refractivity contribution in [1.82, 2.24) is 4.57 Å². The zero-order valence-electron chi connectivity index (χ0n) is 13.3. The molecule has 2 N–H and O–H groups in total. The molecule has 2 rings (SSSR count). The van der Waals surface area contributed by atoms with E-state index in [0.717, 1.165) is 35.7 Å². The number of aromatic nitrogens is 1. The summed E-state index contributed by atoms with van der Waals surface area (Å²) in [6, 6.07) is 9.58. The molecule has 5 nitrogen and oxygen atoms in total. The molecule has 1 amide bonds. The molecule has 1 aromatic carbocycles. The van der Waals surface area contributed by atoms with Crippen molar-refractivity contribution < 1.29 is 14.3 Å². The van der Waals surface area contributed by atoms with E-state index in [0.29, 0.717) is 12.2 Å². The molecule has 0 aliphatic carbocycles. The molecule has 0 bridgehead atoms. The summed E-state index contributed by atoms with van der Waals surface area (Å²) in [5, 5.41) is 0. The SMILES string of the molecule is COCCCn1c(-c2ccccc2OC)cc(C(N)=O)c1C. The average Bonchev–Trinajstić information content (AvgIpc) is 2.85. The number of nitrogens with zero attached hydrogens (tertiary/aromatic N) is 1. The highest BCUT2D eigenvalue weighted by atomic mass is 16.5. The molecule has 118 valence electrons. The van der Waals surface area contributed by atoms with Gasteiger partial charge in [-0.15, -0.1) is 0 Å². The third kappa shape index (κ3) is 3.14. The van der Waals surface area contributed by atoms with Gasteiger partial charge in [-0.1, -0.05) is 12.1 Å². The summed E-state index contributed by atoms with van der Waals surface area (Å²) in [5.74, 6) is 0.350. The van der Waals surface area contributed by atoms with E-state index < -0.39 is 5.91 Å². The minimum atomic E-state index is -0.417. The van der Waals surface area contributed by atoms with Crippen LogP contribution in [-0.2, 0) is 11.3 Å². The van der Waals surface area contributed by atoms with E-state index in [2.05, 4.69) is 4.57 Å². The molecular formula is C17H22N2O3. The van der Waals surface area contributed by atoms with Gasteiger partial charge in [-0.3, -0.25) is 4.79 Å². The molecule has 22 heavy (non-hydrogen) atoms. The summed E-state index contributed by atoms with van der Waals surface area (Å²) in [4.78, 5) is 11.7. The van der Waals surface area contributed by atoms with Gasteiger partial charge in [-0.25, -0.2) is 0 Å². The Bertz CT molecular complexity index is 662. The lowest BCUT2D eigenvalue weighted by Crippen LogP contribution is -2.13. The second-order valence-electron chi connectivity index (χ2n) is 5.09. The summed E-state index contributed by atoms with van der Waals surface area (Å²) in [6.07, 6.45) is 0.854. The fraction of sp³-hybridized carbons (Fsp3) is 0.353. The lowest BCUT2D eigenvalue weighted by Gasteiger charge is -2.14. The summed E-state index contributed by atoms with van der Waals surface area (Å²) in [5.41, 5.74) is 8.77. The van der Waals surface area contributed by atoms with Gasteiger partial charge in [0.2, 0.25) is 0 Å². The Balaban J connectivity index is 2.53. The molecular weight excluding hydrogens is 280 g/mol. The molecule has 0 saturated heterocycles. The Morgan fingerprint density at radius 1 is 1.27 bits per heavy atom. The van der Waals surface area contributed by atoms with Gasteiger partial charge in [0.1, 0.15) is 5.75 Å². The number of para-hydroxylation sites is 1. The largest absolute Gasteiger partial charge is 0.496 e. The molecule has 1 heterocycles. The maximum absolute atomic E-state index is 11.7. The van der Waals surface area contributed by atoms with Crippen molar-refractivity contribution in [3.8, 4) is 17.0 Å². The zero-order chi connectivity index (χ0) is 16.1. The minimum Gasteiger partial charge on any atom is -0.496 e. The lowest BCUT2D eigenvalue weighted by molar-refractivity contribution is 0.0999. The molecule has 1 aromatic heterocycles. The maximum Gasteiger partial charge on any atom is 0.250 e. The number of ether oxygens (including phenoxy) is 2. The number of amides is 1. The van der Waals surface area contributed by atoms with Crippen LogP contribution in [0.5, 0.6) is 5.75 Å². The number of hydrogen-bond acceptors (Lipinski definition) is 3. The van der Waals surface area contributed by atoms with Crippen molar-refractivity contribution in [2.75, 3.05) is 20.8 Å². The number of nitrogens with two attached hydrogens (primary N) is 1. The van der Waals surface area contributed by atoms with E-state index in [1.807, 2.05) is 37.3 Å². The number of methoxy groups -OCH3 is 2. The van der Waals surface area contributed by atoms with Gasteiger partial charge in [0.15, 0.2) is 0 Å². The molecule has 0 unspecified atom stereocenters. The first-order valence-corrected chi connectivity index (χ1v) is 7.22. The van der Waals surface area contributed by atoms with Gasteiger partial charge in [0.25, 0.3) is 5.91 Å². The normalized spacial score (nSPS) is 10.7. The maximum atomic E-state index is 11.7. The van der Waals surface area contributed by atoms with E-state index in [-0.39, 0.29) is 0 Å². The van der Waals surface area contributed by atoms with Crippen molar-refractivity contribution >= 4 is 5.91 Å². The molecule has 0 aliphatic heterocycles. The van der Waals surface area contributed by atoms with Gasteiger partial charge in [-0.05, 0) is 31.5 Å². The number of carbonyl (C=O) groups is 1. The number of primary amides is 1. The molecule has 0 aliphatic rings. The van der Waals surface area contributed by atoms with Crippen LogP contribution in [0.2, 0.25) is 0 Å². The van der Waals surface area contributed by atoms with Crippen LogP contribution in [0.25, 0.3) is 11.3 Å². The van der Waals surface area contributed by atoms with Crippen molar-refractivity contribution in [2.45, 2.75) is 19.9 Å².